The van der Waals surface area contributed by atoms with Crippen LogP contribution in [0.1, 0.15) is 13.8 Å². The van der Waals surface area contributed by atoms with Gasteiger partial charge in [-0.3, -0.25) is 14.5 Å². The van der Waals surface area contributed by atoms with Gasteiger partial charge in [0, 0.05) is 5.92 Å². The van der Waals surface area contributed by atoms with Gasteiger partial charge in [0.25, 0.3) is 5.78 Å². The maximum Gasteiger partial charge on any atom is 0.443 e. The standard InChI is InChI=1S/C5H8N2O2.H3O3P/c1-3(2)4(8)5(9)7-6;1-4(2)3/h3,7H,1-2H3;4H,(H2,1,2,3). The third kappa shape index (κ3) is 11.1. The molecule has 0 spiro atoms. The van der Waals surface area contributed by atoms with Crippen molar-refractivity contribution in [2.45, 2.75) is 13.8 Å². The quantitative estimate of drug-likeness (QED) is 0.281. The number of hydrogen-bond acceptors (Lipinski definition) is 3. The van der Waals surface area contributed by atoms with Gasteiger partial charge in [-0.05, 0) is 0 Å². The Balaban J connectivity index is 0. The van der Waals surface area contributed by atoms with Gasteiger partial charge in [0.15, 0.2) is 0 Å². The second-order valence-electron chi connectivity index (χ2n) is 2.24. The summed E-state index contributed by atoms with van der Waals surface area (Å²) in [6.07, 6.45) is 0. The summed E-state index contributed by atoms with van der Waals surface area (Å²) in [6, 6.07) is 0. The summed E-state index contributed by atoms with van der Waals surface area (Å²) in [5.74, 6) is -1.93. The Morgan fingerprint density at radius 2 is 1.69 bits per heavy atom. The predicted molar refractivity (Wildman–Crippen MR) is 42.6 cm³/mol. The first-order valence-corrected chi connectivity index (χ1v) is 4.53. The molecule has 76 valence electrons. The molecular weight excluding hydrogens is 199 g/mol. The largest absolute Gasteiger partial charge is 0.499 e. The van der Waals surface area contributed by atoms with Gasteiger partial charge in [-0.15, -0.1) is 0 Å². The van der Waals surface area contributed by atoms with Crippen LogP contribution in [0.2, 0.25) is 0 Å². The second kappa shape index (κ2) is 7.72. The number of carbonyl (C=O) groups excluding carboxylic acids is 2. The van der Waals surface area contributed by atoms with Crippen molar-refractivity contribution in [3.05, 3.63) is 5.53 Å². The summed E-state index contributed by atoms with van der Waals surface area (Å²) >= 11 is 0. The summed E-state index contributed by atoms with van der Waals surface area (Å²) in [5.41, 5.74) is 7.93. The molecule has 0 saturated heterocycles. The van der Waals surface area contributed by atoms with Crippen LogP contribution in [0.5, 0.6) is 0 Å². The molecule has 0 aromatic rings. The topological polar surface area (TPSA) is 128 Å². The van der Waals surface area contributed by atoms with Crippen LogP contribution in [-0.4, -0.2) is 21.5 Å². The second-order valence-corrected chi connectivity index (χ2v) is 2.81. The van der Waals surface area contributed by atoms with Gasteiger partial charge in [-0.2, -0.15) is 0 Å². The third-order valence-corrected chi connectivity index (χ3v) is 0.850. The van der Waals surface area contributed by atoms with E-state index in [9.17, 15) is 9.59 Å². The van der Waals surface area contributed by atoms with Gasteiger partial charge in [-0.1, -0.05) is 13.8 Å². The van der Waals surface area contributed by atoms with Crippen LogP contribution in [0.3, 0.4) is 0 Å². The summed E-state index contributed by atoms with van der Waals surface area (Å²) in [5, 5.41) is 1.26. The van der Waals surface area contributed by atoms with Gasteiger partial charge in [0.2, 0.25) is 0 Å². The normalized spacial score (nSPS) is 9.08. The Kier molecular flexibility index (Phi) is 8.68. The van der Waals surface area contributed by atoms with Crippen molar-refractivity contribution in [2.24, 2.45) is 5.92 Å². The lowest BCUT2D eigenvalue weighted by molar-refractivity contribution is -0.392. The molecule has 0 aliphatic heterocycles. The van der Waals surface area contributed by atoms with E-state index in [1.54, 1.807) is 13.8 Å². The minimum atomic E-state index is -3.13. The summed E-state index contributed by atoms with van der Waals surface area (Å²) in [6.45, 7) is 3.16. The van der Waals surface area contributed by atoms with E-state index in [1.807, 2.05) is 0 Å². The number of amides is 1. The molecule has 0 bridgehead atoms. The Labute approximate surface area is 75.2 Å². The molecular formula is C5H11N2O5P. The fraction of sp³-hybridized carbons (Fsp3) is 0.600. The highest BCUT2D eigenvalue weighted by atomic mass is 31.1. The van der Waals surface area contributed by atoms with Crippen LogP contribution in [-0.2, 0) is 14.2 Å². The van der Waals surface area contributed by atoms with Crippen LogP contribution >= 0.6 is 8.25 Å². The minimum absolute atomic E-state index is 0.364. The smallest absolute Gasteiger partial charge is 0.443 e. The number of rotatable bonds is 2. The zero-order valence-corrected chi connectivity index (χ0v) is 8.14. The van der Waals surface area contributed by atoms with E-state index in [-0.39, 0.29) is 5.92 Å². The molecule has 13 heavy (non-hydrogen) atoms. The minimum Gasteiger partial charge on any atom is -0.499 e. The zero-order valence-electron chi connectivity index (χ0n) is 7.14. The molecule has 0 aliphatic carbocycles. The van der Waals surface area contributed by atoms with Crippen molar-refractivity contribution in [1.29, 1.82) is 0 Å². The third-order valence-electron chi connectivity index (χ3n) is 0.850. The van der Waals surface area contributed by atoms with Crippen LogP contribution < -0.4 is 5.11 Å². The van der Waals surface area contributed by atoms with Gasteiger partial charge in [-0.25, -0.2) is 4.79 Å². The molecule has 0 atom stereocenters. The Morgan fingerprint density at radius 1 is 1.38 bits per heavy atom. The zero-order chi connectivity index (χ0) is 11.0. The van der Waals surface area contributed by atoms with Gasteiger partial charge < -0.3 is 15.3 Å². The maximum atomic E-state index is 10.5. The lowest BCUT2D eigenvalue weighted by Crippen LogP contribution is -2.71. The first kappa shape index (κ1) is 14.6. The van der Waals surface area contributed by atoms with E-state index >= 15 is 0 Å². The lowest BCUT2D eigenvalue weighted by atomic mass is 10.1. The maximum absolute atomic E-state index is 10.5. The molecule has 0 heterocycles. The lowest BCUT2D eigenvalue weighted by Gasteiger charge is -1.92. The predicted octanol–water partition coefficient (Wildman–Crippen LogP) is -1.80. The van der Waals surface area contributed by atoms with Gasteiger partial charge in [0.05, 0.1) is 0 Å². The summed E-state index contributed by atoms with van der Waals surface area (Å²) < 4.78 is 8.74. The van der Waals surface area contributed by atoms with E-state index in [1.165, 1.54) is 5.11 Å². The first-order valence-electron chi connectivity index (χ1n) is 3.23. The fourth-order valence-electron chi connectivity index (χ4n) is 0.317. The highest BCUT2D eigenvalue weighted by Gasteiger charge is 2.19. The van der Waals surface area contributed by atoms with Crippen LogP contribution in [0.4, 0.5) is 0 Å². The average molecular weight is 210 g/mol. The average Bonchev–Trinajstić information content (AvgIpc) is 2.00. The molecule has 0 unspecified atom stereocenters. The molecule has 0 aromatic carbocycles. The van der Waals surface area contributed by atoms with Crippen molar-refractivity contribution in [3.63, 3.8) is 0 Å². The van der Waals surface area contributed by atoms with E-state index in [4.69, 9.17) is 19.9 Å². The van der Waals surface area contributed by atoms with Crippen LogP contribution in [0, 0.1) is 5.92 Å². The highest BCUT2D eigenvalue weighted by Crippen LogP contribution is 1.98. The Morgan fingerprint density at radius 3 is 1.77 bits per heavy atom. The van der Waals surface area contributed by atoms with Crippen molar-refractivity contribution in [1.82, 2.24) is 0 Å². The highest BCUT2D eigenvalue weighted by molar-refractivity contribution is 7.30. The van der Waals surface area contributed by atoms with E-state index in [2.05, 4.69) is 0 Å². The molecule has 0 saturated carbocycles. The molecule has 0 aromatic heterocycles. The molecule has 0 radical (unpaired) electrons. The molecule has 8 heteroatoms. The first-order chi connectivity index (χ1) is 5.82. The SMILES string of the molecule is CC(C)C(=O)C(=O)[NH+]=[N-].O=[PH](O)O. The number of Topliss-reactive ketones (excluding diaryl/α,β-unsaturated/α-hetero) is 1. The Hall–Kier alpha value is -0.910. The van der Waals surface area contributed by atoms with Crippen molar-refractivity contribution >= 4 is 19.9 Å². The van der Waals surface area contributed by atoms with Gasteiger partial charge >= 0.3 is 14.2 Å². The Bertz CT molecular complexity index is 223. The number of nitrogens with zero attached hydrogens (tertiary/aromatic N) is 1. The van der Waals surface area contributed by atoms with Gasteiger partial charge in [0.1, 0.15) is 0 Å². The molecule has 0 aliphatic rings. The van der Waals surface area contributed by atoms with Crippen molar-refractivity contribution < 1.29 is 29.1 Å². The molecule has 1 amide bonds. The van der Waals surface area contributed by atoms with E-state index in [0.29, 0.717) is 0 Å². The van der Waals surface area contributed by atoms with Crippen molar-refractivity contribution in [2.75, 3.05) is 0 Å². The number of nitrogens with one attached hydrogen (secondary N) is 1. The molecule has 0 rings (SSSR count). The fourth-order valence-corrected chi connectivity index (χ4v) is 0.317. The molecule has 0 fully saturated rings. The monoisotopic (exact) mass is 210 g/mol. The number of ketones is 1. The van der Waals surface area contributed by atoms with E-state index in [0.717, 1.165) is 0 Å². The van der Waals surface area contributed by atoms with Crippen LogP contribution in [0.25, 0.3) is 5.53 Å². The number of carbonyl (C=O) groups is 2. The number of hydrogen-bond donors (Lipinski definition) is 3. The summed E-state index contributed by atoms with van der Waals surface area (Å²) in [7, 11) is -3.13. The van der Waals surface area contributed by atoms with Crippen LogP contribution in [0.15, 0.2) is 0 Å². The van der Waals surface area contributed by atoms with E-state index < -0.39 is 19.9 Å². The molecule has 3 N–H and O–H groups in total. The molecule has 7 nitrogen and oxygen atoms in total. The van der Waals surface area contributed by atoms with Crippen molar-refractivity contribution in [3.8, 4) is 0 Å². The summed E-state index contributed by atoms with van der Waals surface area (Å²) in [4.78, 5) is 35.1.